The molecule has 0 aromatic rings. The number of rotatable bonds is 8. The summed E-state index contributed by atoms with van der Waals surface area (Å²) in [5.41, 5.74) is 6.83. The molecule has 0 heterocycles. The molecule has 0 aliphatic heterocycles. The van der Waals surface area contributed by atoms with Crippen LogP contribution in [0.15, 0.2) is 12.2 Å². The van der Waals surface area contributed by atoms with Crippen LogP contribution in [0.5, 0.6) is 0 Å². The Hall–Kier alpha value is -0.300. The smallest absolute Gasteiger partial charge is 0.0208 e. The van der Waals surface area contributed by atoms with Crippen molar-refractivity contribution < 1.29 is 0 Å². The van der Waals surface area contributed by atoms with Crippen molar-refractivity contribution in [2.75, 3.05) is 0 Å². The first-order chi connectivity index (χ1) is 8.21. The molecule has 2 N–H and O–H groups in total. The molecule has 0 rings (SSSR count). The second kappa shape index (κ2) is 7.33. The van der Waals surface area contributed by atoms with E-state index in [1.165, 1.54) is 12.8 Å². The fraction of sp³-hybridized carbons (Fsp3) is 0.882. The van der Waals surface area contributed by atoms with Gasteiger partial charge in [0.1, 0.15) is 0 Å². The lowest BCUT2D eigenvalue weighted by Gasteiger charge is -2.47. The zero-order valence-corrected chi connectivity index (χ0v) is 13.7. The molecule has 0 amide bonds. The van der Waals surface area contributed by atoms with E-state index in [1.807, 2.05) is 0 Å². The summed E-state index contributed by atoms with van der Waals surface area (Å²) >= 11 is 0. The van der Waals surface area contributed by atoms with E-state index in [-0.39, 0.29) is 11.0 Å². The van der Waals surface area contributed by atoms with Crippen LogP contribution in [0, 0.1) is 17.3 Å². The van der Waals surface area contributed by atoms with Crippen LogP contribution < -0.4 is 5.73 Å². The average Bonchev–Trinajstić information content (AvgIpc) is 2.32. The molecule has 3 atom stereocenters. The Kier molecular flexibility index (Phi) is 7.21. The van der Waals surface area contributed by atoms with Crippen LogP contribution in [-0.2, 0) is 0 Å². The van der Waals surface area contributed by atoms with Gasteiger partial charge in [-0.25, -0.2) is 0 Å². The zero-order valence-electron chi connectivity index (χ0n) is 13.7. The Bertz CT molecular complexity index is 252. The van der Waals surface area contributed by atoms with Gasteiger partial charge in [-0.3, -0.25) is 0 Å². The molecular formula is C17H35N. The molecule has 0 aliphatic rings. The summed E-state index contributed by atoms with van der Waals surface area (Å²) in [6.45, 7) is 15.9. The molecule has 0 aromatic carbocycles. The molecule has 0 fully saturated rings. The third-order valence-electron chi connectivity index (χ3n) is 5.09. The van der Waals surface area contributed by atoms with Gasteiger partial charge < -0.3 is 5.73 Å². The second-order valence-corrected chi connectivity index (χ2v) is 6.84. The fourth-order valence-corrected chi connectivity index (χ4v) is 2.60. The van der Waals surface area contributed by atoms with Crippen molar-refractivity contribution in [2.45, 2.75) is 79.7 Å². The van der Waals surface area contributed by atoms with Gasteiger partial charge in [-0.2, -0.15) is 0 Å². The number of allylic oxidation sites excluding steroid dienone is 2. The molecule has 1 nitrogen and oxygen atoms in total. The Balaban J connectivity index is 4.82. The summed E-state index contributed by atoms with van der Waals surface area (Å²) in [6.07, 6.45) is 9.13. The lowest BCUT2D eigenvalue weighted by molar-refractivity contribution is 0.0904. The quantitative estimate of drug-likeness (QED) is 0.594. The standard InChI is InChI=1S/C17H35N/c1-8-10-13-16(6,9-2)17(7,18)15(5)12-11-14(3)4/h8,10,14-15H,9,11-13,18H2,1-7H3/b10-8-. The van der Waals surface area contributed by atoms with Crippen molar-refractivity contribution >= 4 is 0 Å². The maximum absolute atomic E-state index is 6.74. The minimum atomic E-state index is -0.101. The Morgan fingerprint density at radius 2 is 1.67 bits per heavy atom. The predicted molar refractivity (Wildman–Crippen MR) is 83.7 cm³/mol. The van der Waals surface area contributed by atoms with E-state index in [4.69, 9.17) is 5.73 Å². The Labute approximate surface area is 115 Å². The van der Waals surface area contributed by atoms with Crippen LogP contribution >= 0.6 is 0 Å². The van der Waals surface area contributed by atoms with Crippen LogP contribution in [-0.4, -0.2) is 5.54 Å². The highest BCUT2D eigenvalue weighted by Gasteiger charge is 2.42. The van der Waals surface area contributed by atoms with Crippen molar-refractivity contribution in [3.8, 4) is 0 Å². The molecule has 18 heavy (non-hydrogen) atoms. The van der Waals surface area contributed by atoms with Crippen LogP contribution in [0.25, 0.3) is 0 Å². The maximum atomic E-state index is 6.74. The normalized spacial score (nSPS) is 20.9. The molecule has 0 saturated heterocycles. The highest BCUT2D eigenvalue weighted by atomic mass is 14.8. The Morgan fingerprint density at radius 1 is 1.11 bits per heavy atom. The number of hydrogen-bond donors (Lipinski definition) is 1. The second-order valence-electron chi connectivity index (χ2n) is 6.84. The summed E-state index contributed by atoms with van der Waals surface area (Å²) in [5, 5.41) is 0. The molecule has 0 spiro atoms. The van der Waals surface area contributed by atoms with Gasteiger partial charge in [-0.1, -0.05) is 53.2 Å². The minimum absolute atomic E-state index is 0.101. The van der Waals surface area contributed by atoms with Gasteiger partial charge in [-0.15, -0.1) is 0 Å². The number of hydrogen-bond acceptors (Lipinski definition) is 1. The van der Waals surface area contributed by atoms with Gasteiger partial charge >= 0.3 is 0 Å². The van der Waals surface area contributed by atoms with E-state index in [0.29, 0.717) is 5.92 Å². The van der Waals surface area contributed by atoms with E-state index >= 15 is 0 Å². The van der Waals surface area contributed by atoms with E-state index in [0.717, 1.165) is 18.8 Å². The van der Waals surface area contributed by atoms with Gasteiger partial charge in [-0.05, 0) is 50.4 Å². The molecule has 0 aromatic heterocycles. The van der Waals surface area contributed by atoms with Crippen LogP contribution in [0.4, 0.5) is 0 Å². The topological polar surface area (TPSA) is 26.0 Å². The van der Waals surface area contributed by atoms with Gasteiger partial charge in [0, 0.05) is 5.54 Å². The van der Waals surface area contributed by atoms with E-state index in [1.54, 1.807) is 0 Å². The third kappa shape index (κ3) is 4.42. The summed E-state index contributed by atoms with van der Waals surface area (Å²) in [6, 6.07) is 0. The minimum Gasteiger partial charge on any atom is -0.325 e. The van der Waals surface area contributed by atoms with Crippen LogP contribution in [0.2, 0.25) is 0 Å². The molecular weight excluding hydrogens is 218 g/mol. The SMILES string of the molecule is C/C=C\CC(C)(CC)C(C)(N)C(C)CCC(C)C. The lowest BCUT2D eigenvalue weighted by Crippen LogP contribution is -2.56. The van der Waals surface area contributed by atoms with Crippen LogP contribution in [0.3, 0.4) is 0 Å². The van der Waals surface area contributed by atoms with E-state index < -0.39 is 0 Å². The zero-order chi connectivity index (χ0) is 14.4. The number of nitrogens with two attached hydrogens (primary N) is 1. The summed E-state index contributed by atoms with van der Waals surface area (Å²) in [5.74, 6) is 1.33. The van der Waals surface area contributed by atoms with Crippen molar-refractivity contribution in [2.24, 2.45) is 23.0 Å². The first-order valence-corrected chi connectivity index (χ1v) is 7.61. The van der Waals surface area contributed by atoms with Gasteiger partial charge in [0.05, 0.1) is 0 Å². The fourth-order valence-electron chi connectivity index (χ4n) is 2.60. The van der Waals surface area contributed by atoms with Crippen molar-refractivity contribution in [3.63, 3.8) is 0 Å². The Morgan fingerprint density at radius 3 is 2.06 bits per heavy atom. The van der Waals surface area contributed by atoms with E-state index in [2.05, 4.69) is 60.6 Å². The highest BCUT2D eigenvalue weighted by molar-refractivity contribution is 5.03. The van der Waals surface area contributed by atoms with Crippen molar-refractivity contribution in [1.29, 1.82) is 0 Å². The van der Waals surface area contributed by atoms with E-state index in [9.17, 15) is 0 Å². The average molecular weight is 253 g/mol. The summed E-state index contributed by atoms with van der Waals surface area (Å²) < 4.78 is 0. The van der Waals surface area contributed by atoms with Gasteiger partial charge in [0.2, 0.25) is 0 Å². The van der Waals surface area contributed by atoms with Crippen molar-refractivity contribution in [3.05, 3.63) is 12.2 Å². The first kappa shape index (κ1) is 17.7. The largest absolute Gasteiger partial charge is 0.325 e. The third-order valence-corrected chi connectivity index (χ3v) is 5.09. The molecule has 0 saturated carbocycles. The molecule has 3 unspecified atom stereocenters. The molecule has 1 heteroatoms. The summed E-state index contributed by atoms with van der Waals surface area (Å²) in [7, 11) is 0. The predicted octanol–water partition coefficient (Wildman–Crippen LogP) is 5.16. The maximum Gasteiger partial charge on any atom is 0.0208 e. The molecule has 0 radical (unpaired) electrons. The van der Waals surface area contributed by atoms with Gasteiger partial charge in [0.25, 0.3) is 0 Å². The molecule has 0 bridgehead atoms. The summed E-state index contributed by atoms with van der Waals surface area (Å²) in [4.78, 5) is 0. The molecule has 0 aliphatic carbocycles. The molecule has 108 valence electrons. The van der Waals surface area contributed by atoms with Crippen molar-refractivity contribution in [1.82, 2.24) is 0 Å². The van der Waals surface area contributed by atoms with Crippen LogP contribution in [0.1, 0.15) is 74.1 Å². The van der Waals surface area contributed by atoms with Gasteiger partial charge in [0.15, 0.2) is 0 Å². The lowest BCUT2D eigenvalue weighted by atomic mass is 9.62. The highest BCUT2D eigenvalue weighted by Crippen LogP contribution is 2.42. The first-order valence-electron chi connectivity index (χ1n) is 7.61. The monoisotopic (exact) mass is 253 g/mol.